The first-order valence-electron chi connectivity index (χ1n) is 10.7. The van der Waals surface area contributed by atoms with E-state index in [0.29, 0.717) is 35.6 Å². The smallest absolute Gasteiger partial charge is 0.340 e. The molecule has 2 aromatic rings. The van der Waals surface area contributed by atoms with Crippen LogP contribution < -0.4 is 0 Å². The zero-order valence-corrected chi connectivity index (χ0v) is 18.7. The van der Waals surface area contributed by atoms with Gasteiger partial charge in [0.25, 0.3) is 5.91 Å². The first-order chi connectivity index (χ1) is 14.3. The monoisotopic (exact) mass is 411 g/mol. The summed E-state index contributed by atoms with van der Waals surface area (Å²) in [5.41, 5.74) is 4.95. The van der Waals surface area contributed by atoms with Crippen molar-refractivity contribution in [1.29, 1.82) is 0 Å². The Bertz CT molecular complexity index is 916. The molecule has 1 amide bonds. The molecule has 30 heavy (non-hydrogen) atoms. The van der Waals surface area contributed by atoms with Gasteiger partial charge in [-0.1, -0.05) is 24.3 Å². The van der Waals surface area contributed by atoms with E-state index < -0.39 is 0 Å². The molecule has 1 N–H and O–H groups in total. The number of hydrogen-bond acceptors (Lipinski definition) is 4. The molecule has 1 saturated heterocycles. The molecule has 0 spiro atoms. The molecule has 1 aliphatic rings. The summed E-state index contributed by atoms with van der Waals surface area (Å²) < 4.78 is 5.35. The zero-order valence-electron chi connectivity index (χ0n) is 18.7. The average molecular weight is 412 g/mol. The van der Waals surface area contributed by atoms with Crippen LogP contribution in [-0.4, -0.2) is 58.9 Å². The Morgan fingerprint density at radius 3 is 2.50 bits per heavy atom. The number of aryl methyl sites for hydroxylation is 2. The van der Waals surface area contributed by atoms with Gasteiger partial charge >= 0.3 is 5.97 Å². The van der Waals surface area contributed by atoms with Crippen molar-refractivity contribution >= 4 is 11.9 Å². The molecule has 1 aliphatic heterocycles. The second-order valence-electron chi connectivity index (χ2n) is 8.43. The lowest BCUT2D eigenvalue weighted by atomic mass is 10.1. The lowest BCUT2D eigenvalue weighted by Crippen LogP contribution is -2.35. The molecule has 6 heteroatoms. The molecule has 6 nitrogen and oxygen atoms in total. The highest BCUT2D eigenvalue weighted by Crippen LogP contribution is 2.22. The Morgan fingerprint density at radius 1 is 1.07 bits per heavy atom. The Labute approximate surface area is 179 Å². The van der Waals surface area contributed by atoms with E-state index in [-0.39, 0.29) is 18.0 Å². The second-order valence-corrected chi connectivity index (χ2v) is 8.43. The highest BCUT2D eigenvalue weighted by Gasteiger charge is 2.27. The van der Waals surface area contributed by atoms with E-state index in [1.807, 2.05) is 32.6 Å². The van der Waals surface area contributed by atoms with Gasteiger partial charge in [-0.3, -0.25) is 9.69 Å². The zero-order chi connectivity index (χ0) is 21.8. The molecule has 0 atom stereocenters. The van der Waals surface area contributed by atoms with Crippen LogP contribution in [0.5, 0.6) is 0 Å². The molecule has 1 aromatic carbocycles. The van der Waals surface area contributed by atoms with Crippen molar-refractivity contribution in [2.75, 3.05) is 26.2 Å². The van der Waals surface area contributed by atoms with Gasteiger partial charge < -0.3 is 14.6 Å². The molecular weight excluding hydrogens is 378 g/mol. The summed E-state index contributed by atoms with van der Waals surface area (Å²) in [6.45, 7) is 13.5. The van der Waals surface area contributed by atoms with Gasteiger partial charge in [0.2, 0.25) is 0 Å². The molecule has 0 saturated carbocycles. The van der Waals surface area contributed by atoms with Gasteiger partial charge in [0.1, 0.15) is 5.69 Å². The lowest BCUT2D eigenvalue weighted by Gasteiger charge is -2.22. The fourth-order valence-electron chi connectivity index (χ4n) is 4.06. The number of esters is 1. The normalized spacial score (nSPS) is 15.3. The number of hydrogen-bond donors (Lipinski definition) is 1. The van der Waals surface area contributed by atoms with E-state index in [9.17, 15) is 9.59 Å². The molecule has 0 unspecified atom stereocenters. The average Bonchev–Trinajstić information content (AvgIpc) is 2.84. The van der Waals surface area contributed by atoms with Gasteiger partial charge in [0, 0.05) is 38.4 Å². The minimum absolute atomic E-state index is 0.0445. The number of amides is 1. The quantitative estimate of drug-likeness (QED) is 0.759. The van der Waals surface area contributed by atoms with Crippen LogP contribution in [0.15, 0.2) is 24.3 Å². The SMILES string of the molecule is Cc1ccccc1CN1CCCN(C(=O)c2[nH]c(C)c(C(=O)OC(C)C)c2C)CC1. The minimum Gasteiger partial charge on any atom is -0.459 e. The summed E-state index contributed by atoms with van der Waals surface area (Å²) >= 11 is 0. The summed E-state index contributed by atoms with van der Waals surface area (Å²) in [7, 11) is 0. The van der Waals surface area contributed by atoms with E-state index in [0.717, 1.165) is 26.1 Å². The number of rotatable bonds is 5. The molecule has 1 fully saturated rings. The maximum Gasteiger partial charge on any atom is 0.340 e. The van der Waals surface area contributed by atoms with Crippen molar-refractivity contribution in [2.24, 2.45) is 0 Å². The number of nitrogens with one attached hydrogen (secondary N) is 1. The number of carbonyl (C=O) groups is 2. The van der Waals surface area contributed by atoms with Crippen LogP contribution in [-0.2, 0) is 11.3 Å². The van der Waals surface area contributed by atoms with Crippen molar-refractivity contribution in [3.8, 4) is 0 Å². The van der Waals surface area contributed by atoms with Crippen LogP contribution in [0.2, 0.25) is 0 Å². The fraction of sp³-hybridized carbons (Fsp3) is 0.500. The van der Waals surface area contributed by atoms with E-state index in [2.05, 4.69) is 41.1 Å². The minimum atomic E-state index is -0.379. The van der Waals surface area contributed by atoms with E-state index in [4.69, 9.17) is 4.74 Å². The second kappa shape index (κ2) is 9.47. The third kappa shape index (κ3) is 4.93. The van der Waals surface area contributed by atoms with Gasteiger partial charge in [0.05, 0.1) is 11.7 Å². The van der Waals surface area contributed by atoms with Crippen LogP contribution in [0.25, 0.3) is 0 Å². The third-order valence-corrected chi connectivity index (χ3v) is 5.73. The first kappa shape index (κ1) is 22.1. The molecule has 0 bridgehead atoms. The predicted octanol–water partition coefficient (Wildman–Crippen LogP) is 3.85. The van der Waals surface area contributed by atoms with Crippen LogP contribution in [0.1, 0.15) is 63.5 Å². The highest BCUT2D eigenvalue weighted by atomic mass is 16.5. The number of aromatic nitrogens is 1. The number of benzene rings is 1. The van der Waals surface area contributed by atoms with Gasteiger partial charge in [-0.15, -0.1) is 0 Å². The Morgan fingerprint density at radius 2 is 1.80 bits per heavy atom. The maximum atomic E-state index is 13.2. The topological polar surface area (TPSA) is 65.6 Å². The molecule has 1 aromatic heterocycles. The molecule has 0 radical (unpaired) electrons. The van der Waals surface area contributed by atoms with Gasteiger partial charge in [-0.25, -0.2) is 4.79 Å². The Kier molecular flexibility index (Phi) is 6.98. The highest BCUT2D eigenvalue weighted by molar-refractivity contribution is 6.00. The Balaban J connectivity index is 1.69. The van der Waals surface area contributed by atoms with Crippen molar-refractivity contribution in [3.63, 3.8) is 0 Å². The summed E-state index contributed by atoms with van der Waals surface area (Å²) in [6.07, 6.45) is 0.730. The number of nitrogens with zero attached hydrogens (tertiary/aromatic N) is 2. The largest absolute Gasteiger partial charge is 0.459 e. The van der Waals surface area contributed by atoms with Crippen LogP contribution in [0.3, 0.4) is 0 Å². The van der Waals surface area contributed by atoms with Gasteiger partial charge in [0.15, 0.2) is 0 Å². The first-order valence-corrected chi connectivity index (χ1v) is 10.7. The maximum absolute atomic E-state index is 13.2. The standard InChI is InChI=1S/C24H33N3O3/c1-16(2)30-24(29)21-18(4)22(25-19(21)5)23(28)27-12-8-11-26(13-14-27)15-20-10-7-6-9-17(20)3/h6-7,9-10,16,25H,8,11-15H2,1-5H3. The number of aromatic amines is 1. The van der Waals surface area contributed by atoms with E-state index in [1.165, 1.54) is 11.1 Å². The predicted molar refractivity (Wildman–Crippen MR) is 118 cm³/mol. The van der Waals surface area contributed by atoms with Gasteiger partial charge in [-0.05, 0) is 57.7 Å². The number of carbonyl (C=O) groups excluding carboxylic acids is 2. The van der Waals surface area contributed by atoms with Gasteiger partial charge in [-0.2, -0.15) is 0 Å². The van der Waals surface area contributed by atoms with Crippen molar-refractivity contribution in [2.45, 2.75) is 53.7 Å². The lowest BCUT2D eigenvalue weighted by molar-refractivity contribution is 0.0376. The Hall–Kier alpha value is -2.60. The summed E-state index contributed by atoms with van der Waals surface area (Å²) in [4.78, 5) is 33.1. The molecule has 2 heterocycles. The molecule has 0 aliphatic carbocycles. The van der Waals surface area contributed by atoms with Crippen LogP contribution in [0, 0.1) is 20.8 Å². The third-order valence-electron chi connectivity index (χ3n) is 5.73. The van der Waals surface area contributed by atoms with Crippen molar-refractivity contribution in [3.05, 3.63) is 57.9 Å². The fourth-order valence-corrected chi connectivity index (χ4v) is 4.06. The summed E-state index contributed by atoms with van der Waals surface area (Å²) in [5.74, 6) is -0.424. The van der Waals surface area contributed by atoms with Crippen molar-refractivity contribution in [1.82, 2.24) is 14.8 Å². The van der Waals surface area contributed by atoms with E-state index in [1.54, 1.807) is 0 Å². The summed E-state index contributed by atoms with van der Waals surface area (Å²) in [5, 5.41) is 0. The van der Waals surface area contributed by atoms with Crippen LogP contribution in [0.4, 0.5) is 0 Å². The molecule has 3 rings (SSSR count). The van der Waals surface area contributed by atoms with Crippen molar-refractivity contribution < 1.29 is 14.3 Å². The molecular formula is C24H33N3O3. The number of ether oxygens (including phenoxy) is 1. The summed E-state index contributed by atoms with van der Waals surface area (Å²) in [6, 6.07) is 8.45. The molecule has 162 valence electrons. The van der Waals surface area contributed by atoms with E-state index >= 15 is 0 Å². The number of H-pyrrole nitrogens is 1. The van der Waals surface area contributed by atoms with Crippen LogP contribution >= 0.6 is 0 Å².